The third-order valence-corrected chi connectivity index (χ3v) is 8.44. The first kappa shape index (κ1) is 44.1. The van der Waals surface area contributed by atoms with Gasteiger partial charge in [0.2, 0.25) is 0 Å². The van der Waals surface area contributed by atoms with E-state index in [1.807, 2.05) is 0 Å². The van der Waals surface area contributed by atoms with Crippen molar-refractivity contribution in [2.45, 2.75) is 200 Å². The van der Waals surface area contributed by atoms with Gasteiger partial charge in [-0.05, 0) is 51.4 Å². The van der Waals surface area contributed by atoms with E-state index >= 15 is 0 Å². The minimum Gasteiger partial charge on any atom is -0.462 e. The maximum Gasteiger partial charge on any atom is 0.306 e. The van der Waals surface area contributed by atoms with E-state index in [0.29, 0.717) is 12.8 Å². The van der Waals surface area contributed by atoms with Crippen LogP contribution in [0.2, 0.25) is 0 Å². The standard InChI is InChI=1S/C41H74O5/c1-3-5-7-9-11-13-15-17-19-20-22-23-25-27-29-31-33-35-40(43)45-38-39(37-42)46-41(44)36-34-32-30-28-26-24-21-18-16-14-12-10-8-6-4-2/h11,13,17,19,22-23,39,42H,3-10,12,14-16,18,20-21,24-38H2,1-2H3/t39-/m0/s1. The number of carbonyl (C=O) groups is 2. The van der Waals surface area contributed by atoms with Gasteiger partial charge >= 0.3 is 11.9 Å². The molecule has 5 nitrogen and oxygen atoms in total. The van der Waals surface area contributed by atoms with Crippen LogP contribution in [0.3, 0.4) is 0 Å². The molecule has 0 spiro atoms. The number of hydrogen-bond acceptors (Lipinski definition) is 5. The molecule has 0 saturated carbocycles. The molecule has 0 rings (SSSR count). The van der Waals surface area contributed by atoms with Crippen LogP contribution in [0, 0.1) is 0 Å². The minimum atomic E-state index is -0.776. The maximum atomic E-state index is 12.2. The van der Waals surface area contributed by atoms with Crippen LogP contribution in [0.4, 0.5) is 0 Å². The summed E-state index contributed by atoms with van der Waals surface area (Å²) in [4.78, 5) is 24.2. The van der Waals surface area contributed by atoms with Gasteiger partial charge < -0.3 is 14.6 Å². The highest BCUT2D eigenvalue weighted by atomic mass is 16.6. The van der Waals surface area contributed by atoms with Crippen LogP contribution in [0.1, 0.15) is 194 Å². The van der Waals surface area contributed by atoms with Crippen LogP contribution in [0.15, 0.2) is 36.5 Å². The molecular weight excluding hydrogens is 572 g/mol. The van der Waals surface area contributed by atoms with Crippen molar-refractivity contribution < 1.29 is 24.2 Å². The van der Waals surface area contributed by atoms with E-state index in [2.05, 4.69) is 50.3 Å². The molecule has 0 aliphatic rings. The van der Waals surface area contributed by atoms with Crippen molar-refractivity contribution in [1.29, 1.82) is 0 Å². The molecule has 5 heteroatoms. The Hall–Kier alpha value is -1.88. The van der Waals surface area contributed by atoms with Crippen LogP contribution in [-0.4, -0.2) is 36.4 Å². The Morgan fingerprint density at radius 3 is 1.35 bits per heavy atom. The number of aliphatic hydroxyl groups excluding tert-OH is 1. The summed E-state index contributed by atoms with van der Waals surface area (Å²) in [5.74, 6) is -0.611. The molecule has 0 aromatic heterocycles. The van der Waals surface area contributed by atoms with Crippen molar-refractivity contribution in [2.75, 3.05) is 13.2 Å². The molecule has 0 aliphatic carbocycles. The highest BCUT2D eigenvalue weighted by Gasteiger charge is 2.16. The van der Waals surface area contributed by atoms with Crippen LogP contribution in [0.25, 0.3) is 0 Å². The number of ether oxygens (including phenoxy) is 2. The predicted molar refractivity (Wildman–Crippen MR) is 196 cm³/mol. The fraction of sp³-hybridized carbons (Fsp3) is 0.805. The molecule has 1 N–H and O–H groups in total. The van der Waals surface area contributed by atoms with Gasteiger partial charge in [0.05, 0.1) is 6.61 Å². The summed E-state index contributed by atoms with van der Waals surface area (Å²) in [6.45, 7) is 4.09. The Morgan fingerprint density at radius 2 is 0.870 bits per heavy atom. The molecule has 46 heavy (non-hydrogen) atoms. The SMILES string of the molecule is CCCCCC=CCC=CCC=CCCCCCCC(=O)OC[C@H](CO)OC(=O)CCCCCCCCCCCCCCCCC. The topological polar surface area (TPSA) is 72.8 Å². The Morgan fingerprint density at radius 1 is 0.500 bits per heavy atom. The van der Waals surface area contributed by atoms with Gasteiger partial charge in [-0.1, -0.05) is 166 Å². The quantitative estimate of drug-likeness (QED) is 0.0421. The Balaban J connectivity index is 3.59. The summed E-state index contributed by atoms with van der Waals surface area (Å²) in [6.07, 6.45) is 44.8. The van der Waals surface area contributed by atoms with Gasteiger partial charge in [-0.3, -0.25) is 9.59 Å². The number of esters is 2. The summed E-state index contributed by atoms with van der Waals surface area (Å²) in [7, 11) is 0. The molecule has 0 amide bonds. The zero-order valence-electron chi connectivity index (χ0n) is 30.3. The van der Waals surface area contributed by atoms with Crippen molar-refractivity contribution >= 4 is 11.9 Å². The Kier molecular flexibility index (Phi) is 36.0. The maximum absolute atomic E-state index is 12.2. The van der Waals surface area contributed by atoms with E-state index in [0.717, 1.165) is 64.2 Å². The van der Waals surface area contributed by atoms with Gasteiger partial charge in [0.25, 0.3) is 0 Å². The van der Waals surface area contributed by atoms with Gasteiger partial charge in [-0.15, -0.1) is 0 Å². The third-order valence-electron chi connectivity index (χ3n) is 8.44. The first-order valence-electron chi connectivity index (χ1n) is 19.5. The number of hydrogen-bond donors (Lipinski definition) is 1. The summed E-state index contributed by atoms with van der Waals surface area (Å²) in [6, 6.07) is 0. The number of rotatable bonds is 35. The van der Waals surface area contributed by atoms with Crippen LogP contribution in [0.5, 0.6) is 0 Å². The summed E-state index contributed by atoms with van der Waals surface area (Å²) in [5.41, 5.74) is 0. The van der Waals surface area contributed by atoms with Gasteiger partial charge in [-0.25, -0.2) is 0 Å². The molecule has 0 aromatic rings. The monoisotopic (exact) mass is 647 g/mol. The van der Waals surface area contributed by atoms with Crippen LogP contribution < -0.4 is 0 Å². The lowest BCUT2D eigenvalue weighted by Crippen LogP contribution is -2.28. The molecule has 0 radical (unpaired) electrons. The largest absolute Gasteiger partial charge is 0.462 e. The second kappa shape index (κ2) is 37.6. The molecule has 0 saturated heterocycles. The summed E-state index contributed by atoms with van der Waals surface area (Å²) >= 11 is 0. The van der Waals surface area contributed by atoms with Crippen molar-refractivity contribution in [3.05, 3.63) is 36.5 Å². The average Bonchev–Trinajstić information content (AvgIpc) is 3.06. The zero-order chi connectivity index (χ0) is 33.6. The summed E-state index contributed by atoms with van der Waals surface area (Å²) < 4.78 is 10.6. The second-order valence-corrected chi connectivity index (χ2v) is 13.0. The normalized spacial score (nSPS) is 12.5. The molecule has 0 bridgehead atoms. The lowest BCUT2D eigenvalue weighted by atomic mass is 10.0. The van der Waals surface area contributed by atoms with Crippen LogP contribution >= 0.6 is 0 Å². The molecular formula is C41H74O5. The molecule has 1 atom stereocenters. The number of aliphatic hydroxyl groups is 1. The predicted octanol–water partition coefficient (Wildman–Crippen LogP) is 12.1. The van der Waals surface area contributed by atoms with E-state index in [1.54, 1.807) is 0 Å². The second-order valence-electron chi connectivity index (χ2n) is 13.0. The van der Waals surface area contributed by atoms with Crippen molar-refractivity contribution in [3.63, 3.8) is 0 Å². The van der Waals surface area contributed by atoms with Crippen LogP contribution in [-0.2, 0) is 19.1 Å². The van der Waals surface area contributed by atoms with Gasteiger partial charge in [0, 0.05) is 12.8 Å². The first-order valence-corrected chi connectivity index (χ1v) is 19.5. The van der Waals surface area contributed by atoms with Gasteiger partial charge in [-0.2, -0.15) is 0 Å². The van der Waals surface area contributed by atoms with E-state index < -0.39 is 6.10 Å². The van der Waals surface area contributed by atoms with Crippen molar-refractivity contribution in [3.8, 4) is 0 Å². The van der Waals surface area contributed by atoms with Gasteiger partial charge in [0.15, 0.2) is 6.10 Å². The fourth-order valence-electron chi connectivity index (χ4n) is 5.44. The Labute approximate surface area is 285 Å². The molecule has 268 valence electrons. The number of carbonyl (C=O) groups excluding carboxylic acids is 2. The van der Waals surface area contributed by atoms with E-state index in [9.17, 15) is 14.7 Å². The molecule has 0 aromatic carbocycles. The van der Waals surface area contributed by atoms with E-state index in [-0.39, 0.29) is 25.2 Å². The number of allylic oxidation sites excluding steroid dienone is 6. The Bertz CT molecular complexity index is 741. The minimum absolute atomic E-state index is 0.0750. The van der Waals surface area contributed by atoms with Crippen molar-refractivity contribution in [2.24, 2.45) is 0 Å². The first-order chi connectivity index (χ1) is 22.6. The van der Waals surface area contributed by atoms with Crippen molar-refractivity contribution in [1.82, 2.24) is 0 Å². The fourth-order valence-corrected chi connectivity index (χ4v) is 5.44. The highest BCUT2D eigenvalue weighted by molar-refractivity contribution is 5.70. The van der Waals surface area contributed by atoms with Gasteiger partial charge in [0.1, 0.15) is 6.61 Å². The zero-order valence-corrected chi connectivity index (χ0v) is 30.3. The number of unbranched alkanes of at least 4 members (excludes halogenated alkanes) is 21. The van der Waals surface area contributed by atoms with E-state index in [1.165, 1.54) is 103 Å². The molecule has 0 aliphatic heterocycles. The average molecular weight is 647 g/mol. The van der Waals surface area contributed by atoms with E-state index in [4.69, 9.17) is 9.47 Å². The molecule has 0 unspecified atom stereocenters. The highest BCUT2D eigenvalue weighted by Crippen LogP contribution is 2.14. The smallest absolute Gasteiger partial charge is 0.306 e. The summed E-state index contributed by atoms with van der Waals surface area (Å²) in [5, 5.41) is 9.54. The third kappa shape index (κ3) is 35.0. The molecule has 0 fully saturated rings. The lowest BCUT2D eigenvalue weighted by Gasteiger charge is -2.15. The molecule has 0 heterocycles. The lowest BCUT2D eigenvalue weighted by molar-refractivity contribution is -0.161.